The molecule has 5 heteroatoms. The maximum Gasteiger partial charge on any atom is 0.231 e. The van der Waals surface area contributed by atoms with Crippen LogP contribution in [0.5, 0.6) is 17.2 Å². The Kier molecular flexibility index (Phi) is 4.81. The molecule has 0 unspecified atom stereocenters. The molecule has 0 radical (unpaired) electrons. The molecule has 0 spiro atoms. The van der Waals surface area contributed by atoms with Crippen molar-refractivity contribution in [1.82, 2.24) is 0 Å². The highest BCUT2D eigenvalue weighted by molar-refractivity contribution is 6.14. The van der Waals surface area contributed by atoms with Gasteiger partial charge in [0.1, 0.15) is 29.7 Å². The van der Waals surface area contributed by atoms with Crippen LogP contribution < -0.4 is 14.2 Å². The van der Waals surface area contributed by atoms with E-state index in [1.165, 1.54) is 12.1 Å². The minimum Gasteiger partial charge on any atom is -0.497 e. The first kappa shape index (κ1) is 17.8. The van der Waals surface area contributed by atoms with Gasteiger partial charge in [-0.1, -0.05) is 24.3 Å². The second-order valence-corrected chi connectivity index (χ2v) is 6.29. The fraction of sp³-hybridized carbons (Fsp3) is 0.0870. The quantitative estimate of drug-likeness (QED) is 0.586. The molecular weight excluding hydrogens is 359 g/mol. The molecule has 0 saturated carbocycles. The highest BCUT2D eigenvalue weighted by Gasteiger charge is 2.27. The molecule has 0 atom stereocenters. The molecule has 0 amide bonds. The summed E-state index contributed by atoms with van der Waals surface area (Å²) in [6.45, 7) is 0.293. The molecule has 28 heavy (non-hydrogen) atoms. The van der Waals surface area contributed by atoms with Gasteiger partial charge in [0, 0.05) is 6.07 Å². The normalized spacial score (nSPS) is 13.9. The van der Waals surface area contributed by atoms with E-state index in [2.05, 4.69) is 0 Å². The molecule has 0 aliphatic carbocycles. The van der Waals surface area contributed by atoms with E-state index in [1.54, 1.807) is 43.5 Å². The lowest BCUT2D eigenvalue weighted by atomic mass is 10.1. The van der Waals surface area contributed by atoms with Crippen molar-refractivity contribution in [2.24, 2.45) is 0 Å². The summed E-state index contributed by atoms with van der Waals surface area (Å²) in [5, 5.41) is 0. The topological polar surface area (TPSA) is 44.8 Å². The number of rotatable bonds is 5. The number of carbonyl (C=O) groups excluding carboxylic acids is 1. The fourth-order valence-corrected chi connectivity index (χ4v) is 2.86. The number of ketones is 1. The first-order valence-electron chi connectivity index (χ1n) is 8.72. The zero-order valence-corrected chi connectivity index (χ0v) is 15.1. The predicted molar refractivity (Wildman–Crippen MR) is 103 cm³/mol. The second kappa shape index (κ2) is 7.56. The van der Waals surface area contributed by atoms with E-state index >= 15 is 0 Å². The number of ether oxygens (including phenoxy) is 3. The van der Waals surface area contributed by atoms with Gasteiger partial charge in [-0.15, -0.1) is 0 Å². The van der Waals surface area contributed by atoms with Gasteiger partial charge < -0.3 is 14.2 Å². The number of allylic oxidation sites excluding steroid dienone is 1. The Hall–Kier alpha value is -3.60. The van der Waals surface area contributed by atoms with Crippen LogP contribution in [0.2, 0.25) is 0 Å². The van der Waals surface area contributed by atoms with Crippen molar-refractivity contribution in [3.8, 4) is 17.2 Å². The van der Waals surface area contributed by atoms with E-state index in [4.69, 9.17) is 14.2 Å². The Morgan fingerprint density at radius 1 is 0.964 bits per heavy atom. The molecule has 0 fully saturated rings. The van der Waals surface area contributed by atoms with Crippen LogP contribution in [-0.2, 0) is 6.61 Å². The Morgan fingerprint density at radius 2 is 1.68 bits per heavy atom. The highest BCUT2D eigenvalue weighted by Crippen LogP contribution is 2.35. The number of hydrogen-bond acceptors (Lipinski definition) is 4. The number of carbonyl (C=O) groups is 1. The highest BCUT2D eigenvalue weighted by atomic mass is 19.1. The van der Waals surface area contributed by atoms with Gasteiger partial charge in [-0.05, 0) is 53.6 Å². The molecule has 3 aromatic carbocycles. The summed E-state index contributed by atoms with van der Waals surface area (Å²) < 4.78 is 29.6. The monoisotopic (exact) mass is 376 g/mol. The van der Waals surface area contributed by atoms with Crippen LogP contribution in [-0.4, -0.2) is 12.9 Å². The summed E-state index contributed by atoms with van der Waals surface area (Å²) >= 11 is 0. The Bertz CT molecular complexity index is 1040. The SMILES string of the molecule is COc1ccc(/C=C2\Oc3cc(OCc4ccc(F)cc4)ccc3C2=O)cc1. The number of Topliss-reactive ketones (excluding diaryl/α,β-unsaturated/α-hetero) is 1. The molecule has 140 valence electrons. The van der Waals surface area contributed by atoms with Crippen molar-refractivity contribution < 1.29 is 23.4 Å². The lowest BCUT2D eigenvalue weighted by molar-refractivity contribution is 0.101. The first-order valence-corrected chi connectivity index (χ1v) is 8.72. The Labute approximate surface area is 161 Å². The molecule has 1 aliphatic heterocycles. The summed E-state index contributed by atoms with van der Waals surface area (Å²) in [5.74, 6) is 1.58. The molecular formula is C23H17FO4. The third-order valence-electron chi connectivity index (χ3n) is 4.37. The van der Waals surface area contributed by atoms with Crippen LogP contribution in [0.15, 0.2) is 72.5 Å². The maximum absolute atomic E-state index is 13.0. The fourth-order valence-electron chi connectivity index (χ4n) is 2.86. The number of hydrogen-bond donors (Lipinski definition) is 0. The second-order valence-electron chi connectivity index (χ2n) is 6.29. The van der Waals surface area contributed by atoms with Crippen LogP contribution >= 0.6 is 0 Å². The van der Waals surface area contributed by atoms with Gasteiger partial charge in [-0.2, -0.15) is 0 Å². The first-order chi connectivity index (χ1) is 13.6. The van der Waals surface area contributed by atoms with Crippen molar-refractivity contribution in [3.05, 3.63) is 95.0 Å². The Morgan fingerprint density at radius 3 is 2.39 bits per heavy atom. The molecule has 1 aliphatic rings. The summed E-state index contributed by atoms with van der Waals surface area (Å²) in [5.41, 5.74) is 2.18. The van der Waals surface area contributed by atoms with Crippen LogP contribution in [0, 0.1) is 5.82 Å². The summed E-state index contributed by atoms with van der Waals surface area (Å²) in [6, 6.07) is 18.5. The standard InChI is InChI=1S/C23H17FO4/c1-26-18-8-4-15(5-9-18)12-22-23(25)20-11-10-19(13-21(20)28-22)27-14-16-2-6-17(24)7-3-16/h2-13H,14H2,1H3/b22-12-. The number of benzene rings is 3. The van der Waals surface area contributed by atoms with Crippen molar-refractivity contribution in [3.63, 3.8) is 0 Å². The smallest absolute Gasteiger partial charge is 0.231 e. The minimum atomic E-state index is -0.288. The van der Waals surface area contributed by atoms with Gasteiger partial charge in [0.2, 0.25) is 5.78 Å². The lowest BCUT2D eigenvalue weighted by Gasteiger charge is -2.07. The summed E-state index contributed by atoms with van der Waals surface area (Å²) in [7, 11) is 1.60. The van der Waals surface area contributed by atoms with Gasteiger partial charge in [0.05, 0.1) is 12.7 Å². The Balaban J connectivity index is 1.49. The van der Waals surface area contributed by atoms with Gasteiger partial charge >= 0.3 is 0 Å². The van der Waals surface area contributed by atoms with E-state index in [9.17, 15) is 9.18 Å². The van der Waals surface area contributed by atoms with Crippen molar-refractivity contribution in [1.29, 1.82) is 0 Å². The van der Waals surface area contributed by atoms with E-state index in [-0.39, 0.29) is 17.4 Å². The van der Waals surface area contributed by atoms with Crippen molar-refractivity contribution in [2.45, 2.75) is 6.61 Å². The predicted octanol–water partition coefficient (Wildman–Crippen LogP) is 5.03. The number of halogens is 1. The van der Waals surface area contributed by atoms with Crippen molar-refractivity contribution >= 4 is 11.9 Å². The average molecular weight is 376 g/mol. The third kappa shape index (κ3) is 3.74. The summed E-state index contributed by atoms with van der Waals surface area (Å²) in [6.07, 6.45) is 1.70. The minimum absolute atomic E-state index is 0.170. The van der Waals surface area contributed by atoms with Gasteiger partial charge in [0.15, 0.2) is 5.76 Å². The molecule has 1 heterocycles. The maximum atomic E-state index is 13.0. The van der Waals surface area contributed by atoms with Crippen LogP contribution in [0.1, 0.15) is 21.5 Å². The van der Waals surface area contributed by atoms with Crippen molar-refractivity contribution in [2.75, 3.05) is 7.11 Å². The van der Waals surface area contributed by atoms with E-state index in [1.807, 2.05) is 24.3 Å². The zero-order valence-electron chi connectivity index (χ0n) is 15.1. The molecule has 4 rings (SSSR count). The van der Waals surface area contributed by atoms with E-state index in [0.717, 1.165) is 16.9 Å². The number of methoxy groups -OCH3 is 1. The van der Waals surface area contributed by atoms with Gasteiger partial charge in [-0.25, -0.2) is 4.39 Å². The largest absolute Gasteiger partial charge is 0.497 e. The van der Waals surface area contributed by atoms with Gasteiger partial charge in [0.25, 0.3) is 0 Å². The average Bonchev–Trinajstić information content (AvgIpc) is 3.03. The summed E-state index contributed by atoms with van der Waals surface area (Å²) in [4.78, 5) is 12.6. The van der Waals surface area contributed by atoms with E-state index in [0.29, 0.717) is 23.7 Å². The van der Waals surface area contributed by atoms with Crippen LogP contribution in [0.25, 0.3) is 6.08 Å². The molecule has 4 nitrogen and oxygen atoms in total. The van der Waals surface area contributed by atoms with Crippen LogP contribution in [0.4, 0.5) is 4.39 Å². The molecule has 0 saturated heterocycles. The zero-order chi connectivity index (χ0) is 19.5. The molecule has 0 aromatic heterocycles. The molecule has 3 aromatic rings. The molecule has 0 N–H and O–H groups in total. The number of fused-ring (bicyclic) bond motifs is 1. The molecule has 0 bridgehead atoms. The lowest BCUT2D eigenvalue weighted by Crippen LogP contribution is -1.98. The van der Waals surface area contributed by atoms with Crippen LogP contribution in [0.3, 0.4) is 0 Å². The van der Waals surface area contributed by atoms with E-state index < -0.39 is 0 Å². The third-order valence-corrected chi connectivity index (χ3v) is 4.37. The van der Waals surface area contributed by atoms with Gasteiger partial charge in [-0.3, -0.25) is 4.79 Å².